The zero-order chi connectivity index (χ0) is 26.8. The number of ether oxygens (including phenoxy) is 1. The molecule has 10 heteroatoms. The number of amides is 1. The first-order valence-electron chi connectivity index (χ1n) is 12.7. The number of nitrogen functional groups attached to an aromatic ring is 1. The minimum atomic E-state index is -0.238. The summed E-state index contributed by atoms with van der Waals surface area (Å²) in [7, 11) is 0. The van der Waals surface area contributed by atoms with Crippen molar-refractivity contribution < 1.29 is 9.53 Å². The predicted molar refractivity (Wildman–Crippen MR) is 153 cm³/mol. The quantitative estimate of drug-likeness (QED) is 0.280. The summed E-state index contributed by atoms with van der Waals surface area (Å²) in [6.45, 7) is 5.20. The number of pyridine rings is 1. The predicted octanol–water partition coefficient (Wildman–Crippen LogP) is 4.51. The number of nitrogens with one attached hydrogen (secondary N) is 2. The first-order valence-corrected chi connectivity index (χ1v) is 12.7. The van der Waals surface area contributed by atoms with Gasteiger partial charge in [0.1, 0.15) is 5.65 Å². The van der Waals surface area contributed by atoms with Crippen molar-refractivity contribution in [1.29, 1.82) is 0 Å². The molecule has 0 saturated carbocycles. The van der Waals surface area contributed by atoms with Crippen molar-refractivity contribution in [3.63, 3.8) is 0 Å². The highest BCUT2D eigenvalue weighted by Crippen LogP contribution is 2.27. The van der Waals surface area contributed by atoms with Gasteiger partial charge in [-0.25, -0.2) is 15.0 Å². The highest BCUT2D eigenvalue weighted by molar-refractivity contribution is 6.05. The summed E-state index contributed by atoms with van der Waals surface area (Å²) in [6.07, 6.45) is 3.76. The number of hydrogen-bond donors (Lipinski definition) is 3. The number of rotatable bonds is 6. The van der Waals surface area contributed by atoms with Crippen LogP contribution in [0.15, 0.2) is 79.1 Å². The molecule has 196 valence electrons. The van der Waals surface area contributed by atoms with E-state index in [4.69, 9.17) is 20.4 Å². The van der Waals surface area contributed by atoms with Crippen LogP contribution in [0.5, 0.6) is 0 Å². The molecule has 1 saturated heterocycles. The van der Waals surface area contributed by atoms with E-state index in [1.165, 1.54) is 0 Å². The second-order valence-corrected chi connectivity index (χ2v) is 9.27. The number of imidazole rings is 1. The number of carbonyl (C=O) groups excluding carboxylic acids is 1. The average Bonchev–Trinajstić information content (AvgIpc) is 3.30. The van der Waals surface area contributed by atoms with Gasteiger partial charge in [0.05, 0.1) is 41.7 Å². The molecule has 3 aromatic heterocycles. The monoisotopic (exact) mass is 520 g/mol. The van der Waals surface area contributed by atoms with Gasteiger partial charge in [0.25, 0.3) is 5.91 Å². The van der Waals surface area contributed by atoms with Crippen LogP contribution in [0.3, 0.4) is 0 Å². The van der Waals surface area contributed by atoms with Gasteiger partial charge in [0, 0.05) is 48.5 Å². The summed E-state index contributed by atoms with van der Waals surface area (Å²) < 4.78 is 7.53. The SMILES string of the molecule is Cc1nc2cc(N3CCOCC3)ccn2c1-c1ccnc(Nc2ccc(C(=O)Nc3ccccc3N)cc2)n1. The van der Waals surface area contributed by atoms with Crippen LogP contribution in [0.2, 0.25) is 0 Å². The Balaban J connectivity index is 1.20. The number of hydrogen-bond acceptors (Lipinski definition) is 8. The van der Waals surface area contributed by atoms with Crippen molar-refractivity contribution in [2.45, 2.75) is 6.92 Å². The van der Waals surface area contributed by atoms with Crippen molar-refractivity contribution >= 4 is 40.3 Å². The second kappa shape index (κ2) is 10.4. The van der Waals surface area contributed by atoms with Gasteiger partial charge in [-0.3, -0.25) is 9.20 Å². The van der Waals surface area contributed by atoms with Crippen LogP contribution < -0.4 is 21.3 Å². The molecule has 0 aliphatic carbocycles. The van der Waals surface area contributed by atoms with E-state index in [9.17, 15) is 4.79 Å². The summed E-state index contributed by atoms with van der Waals surface area (Å²) >= 11 is 0. The molecule has 1 fully saturated rings. The van der Waals surface area contributed by atoms with Crippen LogP contribution >= 0.6 is 0 Å². The summed E-state index contributed by atoms with van der Waals surface area (Å²) in [5.74, 6) is 0.207. The molecule has 0 unspecified atom stereocenters. The molecule has 39 heavy (non-hydrogen) atoms. The maximum absolute atomic E-state index is 12.6. The zero-order valence-corrected chi connectivity index (χ0v) is 21.5. The molecule has 0 atom stereocenters. The lowest BCUT2D eigenvalue weighted by Gasteiger charge is -2.28. The molecule has 6 rings (SSSR count). The summed E-state index contributed by atoms with van der Waals surface area (Å²) in [4.78, 5) is 28.9. The Morgan fingerprint density at radius 2 is 1.79 bits per heavy atom. The summed E-state index contributed by atoms with van der Waals surface area (Å²) in [6, 6.07) is 20.3. The Labute approximate surface area is 225 Å². The lowest BCUT2D eigenvalue weighted by Crippen LogP contribution is -2.36. The van der Waals surface area contributed by atoms with Gasteiger partial charge in [0.15, 0.2) is 0 Å². The van der Waals surface area contributed by atoms with Gasteiger partial charge >= 0.3 is 0 Å². The normalized spacial score (nSPS) is 13.4. The minimum Gasteiger partial charge on any atom is -0.397 e. The molecule has 5 aromatic rings. The van der Waals surface area contributed by atoms with E-state index in [1.807, 2.05) is 43.5 Å². The third-order valence-electron chi connectivity index (χ3n) is 6.67. The number of morpholine rings is 1. The van der Waals surface area contributed by atoms with Crippen LogP contribution in [-0.2, 0) is 4.74 Å². The molecule has 0 bridgehead atoms. The van der Waals surface area contributed by atoms with E-state index >= 15 is 0 Å². The molecule has 4 N–H and O–H groups in total. The highest BCUT2D eigenvalue weighted by Gasteiger charge is 2.17. The first kappa shape index (κ1) is 24.4. The number of para-hydroxylation sites is 2. The number of nitrogens with two attached hydrogens (primary N) is 1. The lowest BCUT2D eigenvalue weighted by molar-refractivity contribution is 0.102. The maximum atomic E-state index is 12.6. The Hall–Kier alpha value is -4.96. The van der Waals surface area contributed by atoms with Crippen molar-refractivity contribution in [3.8, 4) is 11.4 Å². The van der Waals surface area contributed by atoms with Gasteiger partial charge in [0.2, 0.25) is 5.95 Å². The number of benzene rings is 2. The van der Waals surface area contributed by atoms with Crippen LogP contribution in [0, 0.1) is 6.92 Å². The van der Waals surface area contributed by atoms with Gasteiger partial charge in [-0.15, -0.1) is 0 Å². The number of carbonyl (C=O) groups is 1. The fourth-order valence-corrected chi connectivity index (χ4v) is 4.67. The van der Waals surface area contributed by atoms with E-state index in [0.29, 0.717) is 22.9 Å². The molecule has 1 aliphatic heterocycles. The van der Waals surface area contributed by atoms with Crippen LogP contribution in [-0.4, -0.2) is 51.6 Å². The van der Waals surface area contributed by atoms with Crippen LogP contribution in [0.4, 0.5) is 28.7 Å². The standard InChI is InChI=1S/C29H28N8O2/c1-19-27(37-13-11-22(18-26(37)32-19)36-14-16-39-17-15-36)25-10-12-31-29(35-25)33-21-8-6-20(7-9-21)28(38)34-24-5-3-2-4-23(24)30/h2-13,18H,14-17,30H2,1H3,(H,34,38)(H,31,33,35). The molecular weight excluding hydrogens is 492 g/mol. The number of nitrogens with zero attached hydrogens (tertiary/aromatic N) is 5. The third-order valence-corrected chi connectivity index (χ3v) is 6.67. The van der Waals surface area contributed by atoms with Crippen molar-refractivity contribution in [3.05, 3.63) is 90.4 Å². The smallest absolute Gasteiger partial charge is 0.255 e. The van der Waals surface area contributed by atoms with Gasteiger partial charge < -0.3 is 26.0 Å². The molecule has 0 radical (unpaired) electrons. The highest BCUT2D eigenvalue weighted by atomic mass is 16.5. The number of aromatic nitrogens is 4. The van der Waals surface area contributed by atoms with Crippen LogP contribution in [0.1, 0.15) is 16.1 Å². The molecule has 1 aliphatic rings. The van der Waals surface area contributed by atoms with Gasteiger partial charge in [-0.05, 0) is 55.5 Å². The fourth-order valence-electron chi connectivity index (χ4n) is 4.67. The van der Waals surface area contributed by atoms with E-state index in [1.54, 1.807) is 30.5 Å². The Morgan fingerprint density at radius 1 is 1.00 bits per heavy atom. The summed E-state index contributed by atoms with van der Waals surface area (Å²) in [5.41, 5.74) is 12.8. The number of aryl methyl sites for hydroxylation is 1. The third kappa shape index (κ3) is 5.10. The Morgan fingerprint density at radius 3 is 2.59 bits per heavy atom. The Kier molecular flexibility index (Phi) is 6.52. The molecule has 10 nitrogen and oxygen atoms in total. The van der Waals surface area contributed by atoms with Gasteiger partial charge in [-0.1, -0.05) is 12.1 Å². The van der Waals surface area contributed by atoms with E-state index < -0.39 is 0 Å². The number of anilines is 5. The molecule has 0 spiro atoms. The Bertz CT molecular complexity index is 1640. The van der Waals surface area contributed by atoms with Crippen molar-refractivity contribution in [1.82, 2.24) is 19.4 Å². The zero-order valence-electron chi connectivity index (χ0n) is 21.5. The lowest BCUT2D eigenvalue weighted by atomic mass is 10.2. The first-order chi connectivity index (χ1) is 19.0. The van der Waals surface area contributed by atoms with Crippen molar-refractivity contribution in [2.75, 3.05) is 47.6 Å². The average molecular weight is 521 g/mol. The maximum Gasteiger partial charge on any atom is 0.255 e. The van der Waals surface area contributed by atoms with E-state index in [-0.39, 0.29) is 5.91 Å². The van der Waals surface area contributed by atoms with Gasteiger partial charge in [-0.2, -0.15) is 0 Å². The molecule has 2 aromatic carbocycles. The van der Waals surface area contributed by atoms with E-state index in [2.05, 4.69) is 37.1 Å². The fraction of sp³-hybridized carbons (Fsp3) is 0.172. The minimum absolute atomic E-state index is 0.238. The molecule has 4 heterocycles. The second-order valence-electron chi connectivity index (χ2n) is 9.27. The molecule has 1 amide bonds. The summed E-state index contributed by atoms with van der Waals surface area (Å²) in [5, 5.41) is 6.06. The molecular formula is C29H28N8O2. The van der Waals surface area contributed by atoms with Crippen LogP contribution in [0.25, 0.3) is 17.0 Å². The topological polar surface area (TPSA) is 123 Å². The van der Waals surface area contributed by atoms with Crippen molar-refractivity contribution in [2.24, 2.45) is 0 Å². The largest absolute Gasteiger partial charge is 0.397 e. The number of fused-ring (bicyclic) bond motifs is 1. The van der Waals surface area contributed by atoms with E-state index in [0.717, 1.165) is 60.4 Å².